The zero-order chi connectivity index (χ0) is 28.1. The van der Waals surface area contributed by atoms with Crippen molar-refractivity contribution in [2.45, 2.75) is 37.9 Å². The maximum absolute atomic E-state index is 13.0. The van der Waals surface area contributed by atoms with Gasteiger partial charge < -0.3 is 9.80 Å². The number of thioether (sulfide) groups is 1. The van der Waals surface area contributed by atoms with Crippen LogP contribution in [0.2, 0.25) is 5.02 Å². The van der Waals surface area contributed by atoms with Crippen LogP contribution >= 0.6 is 23.4 Å². The molecular formula is C31H32ClN5O2S. The SMILES string of the molecule is Cc1ccc(-n2c(SCCCC(=O)N3CCN(C(=O)c4ccccc4Cl)C(C)C3)nnc2-c2ccccc2)cc1. The molecule has 5 rings (SSSR count). The molecule has 2 amide bonds. The molecule has 3 aromatic carbocycles. The van der Waals surface area contributed by atoms with E-state index < -0.39 is 0 Å². The highest BCUT2D eigenvalue weighted by atomic mass is 35.5. The molecule has 1 saturated heterocycles. The van der Waals surface area contributed by atoms with E-state index in [9.17, 15) is 9.59 Å². The molecule has 0 saturated carbocycles. The minimum absolute atomic E-state index is 0.0830. The number of carbonyl (C=O) groups is 2. The number of amides is 2. The molecule has 0 bridgehead atoms. The average molecular weight is 574 g/mol. The predicted molar refractivity (Wildman–Crippen MR) is 160 cm³/mol. The minimum Gasteiger partial charge on any atom is -0.339 e. The van der Waals surface area contributed by atoms with Gasteiger partial charge in [-0.15, -0.1) is 10.2 Å². The standard InChI is InChI=1S/C31H32ClN5O2S/c1-22-14-16-25(17-15-22)37-29(24-9-4-3-5-10-24)33-34-31(37)40-20-8-13-28(38)35-18-19-36(23(2)21-35)30(39)26-11-6-7-12-27(26)32/h3-7,9-12,14-17,23H,8,13,18-21H2,1-2H3. The summed E-state index contributed by atoms with van der Waals surface area (Å²) in [4.78, 5) is 29.7. The van der Waals surface area contributed by atoms with Gasteiger partial charge in [0.1, 0.15) is 0 Å². The van der Waals surface area contributed by atoms with Crippen LogP contribution in [0.3, 0.4) is 0 Å². The smallest absolute Gasteiger partial charge is 0.255 e. The number of rotatable bonds is 8. The summed E-state index contributed by atoms with van der Waals surface area (Å²) in [6.45, 7) is 5.58. The molecule has 7 nitrogen and oxygen atoms in total. The molecule has 1 fully saturated rings. The molecule has 1 aliphatic rings. The molecule has 206 valence electrons. The topological polar surface area (TPSA) is 71.3 Å². The summed E-state index contributed by atoms with van der Waals surface area (Å²) in [6.07, 6.45) is 1.17. The van der Waals surface area contributed by atoms with E-state index in [1.165, 1.54) is 5.56 Å². The Morgan fingerprint density at radius 3 is 2.40 bits per heavy atom. The Balaban J connectivity index is 1.18. The molecule has 40 heavy (non-hydrogen) atoms. The molecule has 1 aliphatic heterocycles. The number of aryl methyl sites for hydroxylation is 1. The highest BCUT2D eigenvalue weighted by Crippen LogP contribution is 2.29. The van der Waals surface area contributed by atoms with E-state index in [0.29, 0.717) is 36.6 Å². The van der Waals surface area contributed by atoms with Gasteiger partial charge in [0.2, 0.25) is 5.91 Å². The number of hydrogen-bond acceptors (Lipinski definition) is 5. The van der Waals surface area contributed by atoms with Crippen molar-refractivity contribution >= 4 is 35.2 Å². The van der Waals surface area contributed by atoms with Gasteiger partial charge in [-0.3, -0.25) is 14.2 Å². The van der Waals surface area contributed by atoms with Crippen LogP contribution < -0.4 is 0 Å². The maximum atomic E-state index is 13.0. The van der Waals surface area contributed by atoms with E-state index in [4.69, 9.17) is 11.6 Å². The van der Waals surface area contributed by atoms with Gasteiger partial charge in [-0.25, -0.2) is 0 Å². The third kappa shape index (κ3) is 6.24. The second-order valence-corrected chi connectivity index (χ2v) is 11.4. The van der Waals surface area contributed by atoms with E-state index in [-0.39, 0.29) is 17.9 Å². The maximum Gasteiger partial charge on any atom is 0.255 e. The van der Waals surface area contributed by atoms with Crippen molar-refractivity contribution in [3.8, 4) is 17.1 Å². The quantitative estimate of drug-likeness (QED) is 0.187. The lowest BCUT2D eigenvalue weighted by atomic mass is 10.1. The fourth-order valence-corrected chi connectivity index (χ4v) is 5.99. The molecule has 9 heteroatoms. The lowest BCUT2D eigenvalue weighted by molar-refractivity contribution is -0.133. The van der Waals surface area contributed by atoms with E-state index >= 15 is 0 Å². The Kier molecular flexibility index (Phi) is 8.87. The van der Waals surface area contributed by atoms with E-state index in [1.54, 1.807) is 23.9 Å². The van der Waals surface area contributed by atoms with Crippen molar-refractivity contribution in [2.75, 3.05) is 25.4 Å². The van der Waals surface area contributed by atoms with E-state index in [1.807, 2.05) is 59.2 Å². The summed E-state index contributed by atoms with van der Waals surface area (Å²) in [7, 11) is 0. The Morgan fingerprint density at radius 2 is 1.68 bits per heavy atom. The van der Waals surface area contributed by atoms with E-state index in [2.05, 4.69) is 46.0 Å². The number of nitrogens with zero attached hydrogens (tertiary/aromatic N) is 5. The largest absolute Gasteiger partial charge is 0.339 e. The summed E-state index contributed by atoms with van der Waals surface area (Å²) >= 11 is 7.85. The van der Waals surface area contributed by atoms with Gasteiger partial charge >= 0.3 is 0 Å². The summed E-state index contributed by atoms with van der Waals surface area (Å²) in [5.74, 6) is 1.56. The van der Waals surface area contributed by atoms with Crippen molar-refractivity contribution in [1.82, 2.24) is 24.6 Å². The first-order chi connectivity index (χ1) is 19.4. The first kappa shape index (κ1) is 27.9. The number of benzene rings is 3. The number of aromatic nitrogens is 3. The van der Waals surface area contributed by atoms with Gasteiger partial charge in [0.05, 0.1) is 10.6 Å². The number of hydrogen-bond donors (Lipinski definition) is 0. The lowest BCUT2D eigenvalue weighted by Crippen LogP contribution is -2.55. The summed E-state index contributed by atoms with van der Waals surface area (Å²) < 4.78 is 2.08. The zero-order valence-corrected chi connectivity index (χ0v) is 24.2. The van der Waals surface area contributed by atoms with Gasteiger partial charge in [0, 0.05) is 49.1 Å². The second-order valence-electron chi connectivity index (χ2n) is 9.96. The van der Waals surface area contributed by atoms with Crippen LogP contribution in [0.25, 0.3) is 17.1 Å². The average Bonchev–Trinajstić information content (AvgIpc) is 3.40. The molecule has 2 heterocycles. The third-order valence-electron chi connectivity index (χ3n) is 7.07. The summed E-state index contributed by atoms with van der Waals surface area (Å²) in [5, 5.41) is 10.3. The van der Waals surface area contributed by atoms with Gasteiger partial charge in [-0.1, -0.05) is 83.5 Å². The molecule has 0 aliphatic carbocycles. The molecule has 0 N–H and O–H groups in total. The predicted octanol–water partition coefficient (Wildman–Crippen LogP) is 6.14. The number of halogens is 1. The van der Waals surface area contributed by atoms with Crippen molar-refractivity contribution in [1.29, 1.82) is 0 Å². The van der Waals surface area contributed by atoms with E-state index in [0.717, 1.165) is 34.4 Å². The Bertz CT molecular complexity index is 1470. The number of carbonyl (C=O) groups excluding carboxylic acids is 2. The highest BCUT2D eigenvalue weighted by Gasteiger charge is 2.30. The normalized spacial score (nSPS) is 15.3. The van der Waals surface area contributed by atoms with Gasteiger partial charge in [0.25, 0.3) is 5.91 Å². The third-order valence-corrected chi connectivity index (χ3v) is 8.41. The van der Waals surface area contributed by atoms with Crippen LogP contribution in [0.4, 0.5) is 0 Å². The van der Waals surface area contributed by atoms with Crippen LogP contribution in [-0.4, -0.2) is 67.8 Å². The van der Waals surface area contributed by atoms with Gasteiger partial charge in [-0.2, -0.15) is 0 Å². The molecule has 4 aromatic rings. The first-order valence-corrected chi connectivity index (χ1v) is 14.8. The monoisotopic (exact) mass is 573 g/mol. The van der Waals surface area contributed by atoms with Crippen LogP contribution in [0.5, 0.6) is 0 Å². The Hall–Kier alpha value is -3.62. The lowest BCUT2D eigenvalue weighted by Gasteiger charge is -2.40. The molecule has 0 spiro atoms. The van der Waals surface area contributed by atoms with Crippen molar-refractivity contribution in [3.05, 3.63) is 95.0 Å². The Labute approximate surface area is 244 Å². The van der Waals surface area contributed by atoms with Crippen molar-refractivity contribution < 1.29 is 9.59 Å². The number of piperazine rings is 1. The molecular weight excluding hydrogens is 542 g/mol. The second kappa shape index (κ2) is 12.7. The van der Waals surface area contributed by atoms with Crippen molar-refractivity contribution in [2.24, 2.45) is 0 Å². The molecule has 0 radical (unpaired) electrons. The van der Waals surface area contributed by atoms with Gasteiger partial charge in [0.15, 0.2) is 11.0 Å². The minimum atomic E-state index is -0.0887. The van der Waals surface area contributed by atoms with Crippen molar-refractivity contribution in [3.63, 3.8) is 0 Å². The van der Waals surface area contributed by atoms with Crippen LogP contribution in [0.1, 0.15) is 35.7 Å². The fraction of sp³-hybridized carbons (Fsp3) is 0.290. The van der Waals surface area contributed by atoms with Crippen LogP contribution in [-0.2, 0) is 4.79 Å². The first-order valence-electron chi connectivity index (χ1n) is 13.5. The van der Waals surface area contributed by atoms with Gasteiger partial charge in [-0.05, 0) is 44.5 Å². The van der Waals surface area contributed by atoms with Crippen LogP contribution in [0.15, 0.2) is 84.0 Å². The highest BCUT2D eigenvalue weighted by molar-refractivity contribution is 7.99. The zero-order valence-electron chi connectivity index (χ0n) is 22.7. The molecule has 1 atom stereocenters. The summed E-state index contributed by atoms with van der Waals surface area (Å²) in [6, 6.07) is 25.4. The summed E-state index contributed by atoms with van der Waals surface area (Å²) in [5.41, 5.74) is 3.70. The Morgan fingerprint density at radius 1 is 0.950 bits per heavy atom. The molecule has 1 aromatic heterocycles. The fourth-order valence-electron chi connectivity index (χ4n) is 4.88. The van der Waals surface area contributed by atoms with Crippen LogP contribution in [0, 0.1) is 6.92 Å². The molecule has 1 unspecified atom stereocenters.